The Morgan fingerprint density at radius 2 is 1.72 bits per heavy atom. The monoisotopic (exact) mass is 407 g/mol. The molecule has 2 aromatic rings. The van der Waals surface area contributed by atoms with Gasteiger partial charge in [0.05, 0.1) is 0 Å². The first kappa shape index (κ1) is 20.5. The number of nitrogens with zero attached hydrogens (tertiary/aromatic N) is 1. The van der Waals surface area contributed by atoms with Gasteiger partial charge in [0.25, 0.3) is 5.91 Å². The maximum Gasteiger partial charge on any atom is 0.573 e. The van der Waals surface area contributed by atoms with E-state index in [1.54, 1.807) is 24.3 Å². The van der Waals surface area contributed by atoms with E-state index in [2.05, 4.69) is 15.4 Å². The number of rotatable bonds is 5. The average molecular weight is 407 g/mol. The molecular formula is C20H20F3N3O3. The number of hydrogen-bond acceptors (Lipinski definition) is 3. The van der Waals surface area contributed by atoms with Crippen molar-refractivity contribution in [3.05, 3.63) is 59.7 Å². The normalized spacial score (nSPS) is 13.8. The van der Waals surface area contributed by atoms with E-state index in [1.165, 1.54) is 12.1 Å². The molecule has 0 radical (unpaired) electrons. The molecule has 0 aromatic heterocycles. The van der Waals surface area contributed by atoms with Crippen LogP contribution in [0.25, 0.3) is 0 Å². The van der Waals surface area contributed by atoms with Gasteiger partial charge in [-0.15, -0.1) is 13.2 Å². The minimum atomic E-state index is -4.77. The molecule has 3 amide bonds. The molecule has 1 fully saturated rings. The lowest BCUT2D eigenvalue weighted by molar-refractivity contribution is -0.274. The van der Waals surface area contributed by atoms with Crippen LogP contribution in [0.2, 0.25) is 0 Å². The number of benzene rings is 2. The van der Waals surface area contributed by atoms with E-state index >= 15 is 0 Å². The lowest BCUT2D eigenvalue weighted by Gasteiger charge is -2.16. The molecule has 0 atom stereocenters. The van der Waals surface area contributed by atoms with Gasteiger partial charge in [-0.3, -0.25) is 4.79 Å². The van der Waals surface area contributed by atoms with Crippen molar-refractivity contribution in [3.63, 3.8) is 0 Å². The summed E-state index contributed by atoms with van der Waals surface area (Å²) < 4.78 is 40.2. The molecule has 154 valence electrons. The van der Waals surface area contributed by atoms with E-state index in [1.807, 2.05) is 4.90 Å². The number of likely N-dealkylation sites (tertiary alicyclic amines) is 1. The Bertz CT molecular complexity index is 863. The number of hydrogen-bond donors (Lipinski definition) is 2. The van der Waals surface area contributed by atoms with Gasteiger partial charge in [0.2, 0.25) is 0 Å². The van der Waals surface area contributed by atoms with Crippen molar-refractivity contribution in [3.8, 4) is 5.75 Å². The minimum Gasteiger partial charge on any atom is -0.406 e. The molecule has 29 heavy (non-hydrogen) atoms. The van der Waals surface area contributed by atoms with E-state index < -0.39 is 12.4 Å². The highest BCUT2D eigenvalue weighted by atomic mass is 19.4. The Morgan fingerprint density at radius 3 is 2.38 bits per heavy atom. The zero-order valence-corrected chi connectivity index (χ0v) is 15.5. The van der Waals surface area contributed by atoms with E-state index in [4.69, 9.17) is 0 Å². The zero-order valence-electron chi connectivity index (χ0n) is 15.5. The summed E-state index contributed by atoms with van der Waals surface area (Å²) in [5, 5.41) is 5.17. The molecule has 3 rings (SSSR count). The maximum atomic E-state index is 12.4. The molecule has 0 bridgehead atoms. The Hall–Kier alpha value is -3.23. The Balaban J connectivity index is 1.51. The first-order valence-corrected chi connectivity index (χ1v) is 9.09. The Kier molecular flexibility index (Phi) is 6.26. The number of alkyl halides is 3. The molecule has 6 nitrogen and oxygen atoms in total. The van der Waals surface area contributed by atoms with Crippen LogP contribution in [-0.4, -0.2) is 36.3 Å². The molecule has 2 N–H and O–H groups in total. The number of nitrogens with one attached hydrogen (secondary N) is 2. The minimum absolute atomic E-state index is 0.0185. The van der Waals surface area contributed by atoms with Crippen molar-refractivity contribution in [1.29, 1.82) is 0 Å². The molecule has 1 aliphatic rings. The summed E-state index contributed by atoms with van der Waals surface area (Å²) >= 11 is 0. The van der Waals surface area contributed by atoms with Gasteiger partial charge in [0.1, 0.15) is 5.75 Å². The molecule has 2 aromatic carbocycles. The van der Waals surface area contributed by atoms with Gasteiger partial charge in [-0.1, -0.05) is 12.1 Å². The van der Waals surface area contributed by atoms with Crippen molar-refractivity contribution in [2.45, 2.75) is 25.7 Å². The third-order valence-electron chi connectivity index (χ3n) is 4.37. The summed E-state index contributed by atoms with van der Waals surface area (Å²) in [5.41, 5.74) is 1.65. The zero-order chi connectivity index (χ0) is 20.9. The van der Waals surface area contributed by atoms with Crippen molar-refractivity contribution < 1.29 is 27.5 Å². The largest absolute Gasteiger partial charge is 0.573 e. The number of urea groups is 1. The summed E-state index contributed by atoms with van der Waals surface area (Å²) in [6.07, 6.45) is -2.75. The lowest BCUT2D eigenvalue weighted by atomic mass is 10.1. The van der Waals surface area contributed by atoms with E-state index in [0.717, 1.165) is 43.6 Å². The van der Waals surface area contributed by atoms with Crippen molar-refractivity contribution in [1.82, 2.24) is 10.2 Å². The van der Waals surface area contributed by atoms with E-state index in [-0.39, 0.29) is 18.2 Å². The molecule has 1 heterocycles. The summed E-state index contributed by atoms with van der Waals surface area (Å²) in [5.74, 6) is -0.391. The number of ether oxygens (including phenoxy) is 1. The molecule has 9 heteroatoms. The van der Waals surface area contributed by atoms with Gasteiger partial charge in [-0.2, -0.15) is 0 Å². The standard InChI is InChI=1S/C20H20F3N3O3/c21-20(22,23)29-17-8-6-16(7-9-17)25-19(28)24-13-14-4-3-5-15(12-14)18(27)26-10-1-2-11-26/h3-9,12H,1-2,10-11,13H2,(H2,24,25,28). The first-order valence-electron chi connectivity index (χ1n) is 9.09. The van der Waals surface area contributed by atoms with Crippen LogP contribution in [0.5, 0.6) is 5.75 Å². The molecule has 0 saturated carbocycles. The topological polar surface area (TPSA) is 70.7 Å². The SMILES string of the molecule is O=C(NCc1cccc(C(=O)N2CCCC2)c1)Nc1ccc(OC(F)(F)F)cc1. The van der Waals surface area contributed by atoms with Crippen LogP contribution in [-0.2, 0) is 6.54 Å². The predicted octanol–water partition coefficient (Wildman–Crippen LogP) is 4.14. The summed E-state index contributed by atoms with van der Waals surface area (Å²) in [7, 11) is 0. The second kappa shape index (κ2) is 8.85. The highest BCUT2D eigenvalue weighted by Crippen LogP contribution is 2.24. The third-order valence-corrected chi connectivity index (χ3v) is 4.37. The quantitative estimate of drug-likeness (QED) is 0.783. The molecular weight excluding hydrogens is 387 g/mol. The van der Waals surface area contributed by atoms with Crippen molar-refractivity contribution in [2.24, 2.45) is 0 Å². The Labute approximate surface area is 165 Å². The van der Waals surface area contributed by atoms with Crippen LogP contribution in [0.3, 0.4) is 0 Å². The van der Waals surface area contributed by atoms with Crippen molar-refractivity contribution >= 4 is 17.6 Å². The van der Waals surface area contributed by atoms with Gasteiger partial charge in [0.15, 0.2) is 0 Å². The fourth-order valence-electron chi connectivity index (χ4n) is 3.01. The molecule has 0 aliphatic carbocycles. The number of anilines is 1. The van der Waals surface area contributed by atoms with E-state index in [0.29, 0.717) is 11.3 Å². The van der Waals surface area contributed by atoms with E-state index in [9.17, 15) is 22.8 Å². The van der Waals surface area contributed by atoms with Crippen LogP contribution in [0.15, 0.2) is 48.5 Å². The lowest BCUT2D eigenvalue weighted by Crippen LogP contribution is -2.29. The number of amides is 3. The van der Waals surface area contributed by atoms with Crippen LogP contribution < -0.4 is 15.4 Å². The second-order valence-electron chi connectivity index (χ2n) is 6.58. The second-order valence-corrected chi connectivity index (χ2v) is 6.58. The first-order chi connectivity index (χ1) is 13.8. The van der Waals surface area contributed by atoms with Crippen molar-refractivity contribution in [2.75, 3.05) is 18.4 Å². The highest BCUT2D eigenvalue weighted by Gasteiger charge is 2.31. The molecule has 1 saturated heterocycles. The van der Waals surface area contributed by atoms with Gasteiger partial charge < -0.3 is 20.3 Å². The number of carbonyl (C=O) groups is 2. The predicted molar refractivity (Wildman–Crippen MR) is 101 cm³/mol. The fraction of sp³-hybridized carbons (Fsp3) is 0.300. The number of carbonyl (C=O) groups excluding carboxylic acids is 2. The summed E-state index contributed by atoms with van der Waals surface area (Å²) in [4.78, 5) is 26.3. The smallest absolute Gasteiger partial charge is 0.406 e. The summed E-state index contributed by atoms with van der Waals surface area (Å²) in [6.45, 7) is 1.72. The van der Waals surface area contributed by atoms with Crippen LogP contribution in [0, 0.1) is 0 Å². The van der Waals surface area contributed by atoms with Crippen LogP contribution in [0.1, 0.15) is 28.8 Å². The molecule has 1 aliphatic heterocycles. The average Bonchev–Trinajstić information content (AvgIpc) is 3.21. The maximum absolute atomic E-state index is 12.4. The number of halogens is 3. The third kappa shape index (κ3) is 6.13. The van der Waals surface area contributed by atoms with Gasteiger partial charge in [0, 0.05) is 30.9 Å². The van der Waals surface area contributed by atoms with Gasteiger partial charge in [-0.25, -0.2) is 4.79 Å². The van der Waals surface area contributed by atoms with Crippen LogP contribution in [0.4, 0.5) is 23.7 Å². The summed E-state index contributed by atoms with van der Waals surface area (Å²) in [6, 6.07) is 11.3. The fourth-order valence-corrected chi connectivity index (χ4v) is 3.01. The highest BCUT2D eigenvalue weighted by molar-refractivity contribution is 5.94. The van der Waals surface area contributed by atoms with Gasteiger partial charge in [-0.05, 0) is 54.8 Å². The Morgan fingerprint density at radius 1 is 1.03 bits per heavy atom. The van der Waals surface area contributed by atoms with Gasteiger partial charge >= 0.3 is 12.4 Å². The molecule has 0 unspecified atom stereocenters. The molecule has 0 spiro atoms. The van der Waals surface area contributed by atoms with Crippen LogP contribution >= 0.6 is 0 Å².